The highest BCUT2D eigenvalue weighted by Crippen LogP contribution is 2.35. The Hall–Kier alpha value is -2.60. The number of guanidine groups is 1. The summed E-state index contributed by atoms with van der Waals surface area (Å²) in [5.41, 5.74) is 2.32. The summed E-state index contributed by atoms with van der Waals surface area (Å²) in [6.07, 6.45) is 3.76. The Balaban J connectivity index is 1.66. The number of hydrogen-bond acceptors (Lipinski definition) is 4. The lowest BCUT2D eigenvalue weighted by Gasteiger charge is -2.38. The largest absolute Gasteiger partial charge is 0.494 e. The average Bonchev–Trinajstić information content (AvgIpc) is 2.76. The molecule has 1 saturated heterocycles. The molecule has 28 heavy (non-hydrogen) atoms. The third kappa shape index (κ3) is 5.23. The van der Waals surface area contributed by atoms with E-state index in [1.54, 1.807) is 13.2 Å². The molecule has 2 aromatic rings. The molecule has 1 fully saturated rings. The van der Waals surface area contributed by atoms with Crippen molar-refractivity contribution >= 4 is 5.96 Å². The second-order valence-electron chi connectivity index (χ2n) is 6.95. The molecule has 150 valence electrons. The zero-order valence-corrected chi connectivity index (χ0v) is 16.8. The molecule has 0 aliphatic carbocycles. The predicted molar refractivity (Wildman–Crippen MR) is 112 cm³/mol. The number of nitrogens with one attached hydrogen (secondary N) is 2. The summed E-state index contributed by atoms with van der Waals surface area (Å²) >= 11 is 0. The van der Waals surface area contributed by atoms with E-state index in [1.165, 1.54) is 5.56 Å². The molecular formula is C22H30N4O2. The van der Waals surface area contributed by atoms with Crippen LogP contribution in [0.1, 0.15) is 31.0 Å². The molecule has 2 N–H and O–H groups in total. The number of rotatable bonds is 7. The molecule has 0 amide bonds. The van der Waals surface area contributed by atoms with E-state index >= 15 is 0 Å². The smallest absolute Gasteiger partial charge is 0.191 e. The summed E-state index contributed by atoms with van der Waals surface area (Å²) in [6, 6.07) is 14.4. The van der Waals surface area contributed by atoms with Crippen molar-refractivity contribution in [3.8, 4) is 5.75 Å². The van der Waals surface area contributed by atoms with Gasteiger partial charge in [-0.3, -0.25) is 9.98 Å². The van der Waals surface area contributed by atoms with E-state index in [0.29, 0.717) is 13.2 Å². The number of pyridine rings is 1. The van der Waals surface area contributed by atoms with E-state index in [-0.39, 0.29) is 5.41 Å². The number of benzene rings is 1. The molecule has 0 bridgehead atoms. The van der Waals surface area contributed by atoms with E-state index in [9.17, 15) is 0 Å². The normalized spacial score (nSPS) is 16.4. The number of ether oxygens (including phenoxy) is 2. The molecule has 0 unspecified atom stereocenters. The predicted octanol–water partition coefficient (Wildman–Crippen LogP) is 2.89. The van der Waals surface area contributed by atoms with Crippen LogP contribution >= 0.6 is 0 Å². The van der Waals surface area contributed by atoms with Crippen molar-refractivity contribution in [2.45, 2.75) is 31.7 Å². The van der Waals surface area contributed by atoms with Crippen LogP contribution in [0.5, 0.6) is 5.75 Å². The van der Waals surface area contributed by atoms with Crippen molar-refractivity contribution in [1.82, 2.24) is 15.6 Å². The number of hydrogen-bond donors (Lipinski definition) is 2. The SMILES string of the molecule is CCOc1ccc(C2(CNC(=NC)NCc3ccccn3)CCOCC2)cc1. The van der Waals surface area contributed by atoms with Gasteiger partial charge in [-0.2, -0.15) is 0 Å². The molecule has 2 heterocycles. The maximum atomic E-state index is 5.64. The van der Waals surface area contributed by atoms with Crippen LogP contribution in [-0.4, -0.2) is 44.4 Å². The zero-order valence-electron chi connectivity index (χ0n) is 16.8. The maximum Gasteiger partial charge on any atom is 0.191 e. The van der Waals surface area contributed by atoms with Crippen LogP contribution < -0.4 is 15.4 Å². The molecule has 0 radical (unpaired) electrons. The van der Waals surface area contributed by atoms with Gasteiger partial charge in [0.2, 0.25) is 0 Å². The van der Waals surface area contributed by atoms with Gasteiger partial charge in [0.25, 0.3) is 0 Å². The maximum absolute atomic E-state index is 5.64. The topological polar surface area (TPSA) is 67.8 Å². The van der Waals surface area contributed by atoms with Crippen molar-refractivity contribution in [1.29, 1.82) is 0 Å². The van der Waals surface area contributed by atoms with Gasteiger partial charge in [0.1, 0.15) is 5.75 Å². The minimum absolute atomic E-state index is 0.0195. The van der Waals surface area contributed by atoms with Gasteiger partial charge in [0.15, 0.2) is 5.96 Å². The highest BCUT2D eigenvalue weighted by molar-refractivity contribution is 5.79. The number of nitrogens with zero attached hydrogens (tertiary/aromatic N) is 2. The monoisotopic (exact) mass is 382 g/mol. The molecule has 6 heteroatoms. The highest BCUT2D eigenvalue weighted by atomic mass is 16.5. The minimum atomic E-state index is 0.0195. The van der Waals surface area contributed by atoms with Crippen LogP contribution in [0.2, 0.25) is 0 Å². The Morgan fingerprint density at radius 3 is 2.57 bits per heavy atom. The molecule has 1 aliphatic rings. The van der Waals surface area contributed by atoms with E-state index in [0.717, 1.165) is 50.0 Å². The standard InChI is InChI=1S/C22H30N4O2/c1-3-28-20-9-7-18(8-10-20)22(11-14-27-15-12-22)17-26-21(23-2)25-16-19-6-4-5-13-24-19/h4-10,13H,3,11-12,14-17H2,1-2H3,(H2,23,25,26). The van der Waals surface area contributed by atoms with Gasteiger partial charge in [-0.15, -0.1) is 0 Å². The first kappa shape index (κ1) is 20.1. The molecule has 6 nitrogen and oxygen atoms in total. The Bertz CT molecular complexity index is 741. The van der Waals surface area contributed by atoms with E-state index in [2.05, 4.69) is 44.9 Å². The van der Waals surface area contributed by atoms with E-state index in [1.807, 2.05) is 25.1 Å². The summed E-state index contributed by atoms with van der Waals surface area (Å²) < 4.78 is 11.2. The highest BCUT2D eigenvalue weighted by Gasteiger charge is 2.34. The Labute approximate surface area is 167 Å². The van der Waals surface area contributed by atoms with Crippen LogP contribution in [0.3, 0.4) is 0 Å². The fourth-order valence-electron chi connectivity index (χ4n) is 3.55. The Morgan fingerprint density at radius 2 is 1.93 bits per heavy atom. The van der Waals surface area contributed by atoms with Gasteiger partial charge in [0, 0.05) is 38.4 Å². The summed E-state index contributed by atoms with van der Waals surface area (Å²) in [5.74, 6) is 1.69. The second kappa shape index (κ2) is 10.1. The summed E-state index contributed by atoms with van der Waals surface area (Å²) in [7, 11) is 1.79. The third-order valence-electron chi connectivity index (χ3n) is 5.21. The van der Waals surface area contributed by atoms with Gasteiger partial charge in [-0.25, -0.2) is 0 Å². The van der Waals surface area contributed by atoms with Crippen LogP contribution in [0, 0.1) is 0 Å². The van der Waals surface area contributed by atoms with Crippen molar-refractivity contribution in [3.05, 3.63) is 59.9 Å². The Kier molecular flexibility index (Phi) is 7.25. The fourth-order valence-corrected chi connectivity index (χ4v) is 3.55. The quantitative estimate of drug-likeness (QED) is 0.569. The molecular weight excluding hydrogens is 352 g/mol. The Morgan fingerprint density at radius 1 is 1.14 bits per heavy atom. The van der Waals surface area contributed by atoms with Crippen LogP contribution in [-0.2, 0) is 16.7 Å². The molecule has 0 saturated carbocycles. The summed E-state index contributed by atoms with van der Waals surface area (Å²) in [5, 5.41) is 6.86. The molecule has 1 aromatic heterocycles. The summed E-state index contributed by atoms with van der Waals surface area (Å²) in [4.78, 5) is 8.71. The molecule has 1 aliphatic heterocycles. The second-order valence-corrected chi connectivity index (χ2v) is 6.95. The number of aromatic nitrogens is 1. The number of aliphatic imine (C=N–C) groups is 1. The van der Waals surface area contributed by atoms with E-state index in [4.69, 9.17) is 9.47 Å². The first-order valence-corrected chi connectivity index (χ1v) is 9.91. The van der Waals surface area contributed by atoms with E-state index < -0.39 is 0 Å². The van der Waals surface area contributed by atoms with Crippen LogP contribution in [0.4, 0.5) is 0 Å². The third-order valence-corrected chi connectivity index (χ3v) is 5.21. The zero-order chi connectivity index (χ0) is 19.7. The average molecular weight is 383 g/mol. The minimum Gasteiger partial charge on any atom is -0.494 e. The molecule has 3 rings (SSSR count). The first-order chi connectivity index (χ1) is 13.8. The van der Waals surface area contributed by atoms with Crippen LogP contribution in [0.15, 0.2) is 53.7 Å². The van der Waals surface area contributed by atoms with Crippen molar-refractivity contribution in [2.24, 2.45) is 4.99 Å². The molecule has 0 spiro atoms. The lowest BCUT2D eigenvalue weighted by molar-refractivity contribution is 0.0513. The van der Waals surface area contributed by atoms with Gasteiger partial charge in [-0.1, -0.05) is 18.2 Å². The first-order valence-electron chi connectivity index (χ1n) is 9.91. The summed E-state index contributed by atoms with van der Waals surface area (Å²) in [6.45, 7) is 5.66. The lowest BCUT2D eigenvalue weighted by atomic mass is 9.74. The van der Waals surface area contributed by atoms with Crippen LogP contribution in [0.25, 0.3) is 0 Å². The molecule has 0 atom stereocenters. The van der Waals surface area contributed by atoms with Crippen molar-refractivity contribution < 1.29 is 9.47 Å². The van der Waals surface area contributed by atoms with Gasteiger partial charge < -0.3 is 20.1 Å². The van der Waals surface area contributed by atoms with Gasteiger partial charge in [-0.05, 0) is 49.6 Å². The lowest BCUT2D eigenvalue weighted by Crippen LogP contribution is -2.48. The molecule has 1 aromatic carbocycles. The fraction of sp³-hybridized carbons (Fsp3) is 0.455. The van der Waals surface area contributed by atoms with Gasteiger partial charge >= 0.3 is 0 Å². The van der Waals surface area contributed by atoms with Crippen molar-refractivity contribution in [2.75, 3.05) is 33.4 Å². The van der Waals surface area contributed by atoms with Crippen molar-refractivity contribution in [3.63, 3.8) is 0 Å². The van der Waals surface area contributed by atoms with Gasteiger partial charge in [0.05, 0.1) is 18.8 Å².